The zero-order valence-corrected chi connectivity index (χ0v) is 14.0. The molecule has 0 N–H and O–H groups in total. The summed E-state index contributed by atoms with van der Waals surface area (Å²) < 4.78 is 4.97. The van der Waals surface area contributed by atoms with Gasteiger partial charge in [0.15, 0.2) is 11.6 Å². The summed E-state index contributed by atoms with van der Waals surface area (Å²) in [6.07, 6.45) is -0.242. The second-order valence-electron chi connectivity index (χ2n) is 5.17. The van der Waals surface area contributed by atoms with Crippen LogP contribution in [-0.4, -0.2) is 24.1 Å². The van der Waals surface area contributed by atoms with Crippen LogP contribution < -0.4 is 0 Å². The average molecular weight is 345 g/mol. The molecule has 0 bridgehead atoms. The van der Waals surface area contributed by atoms with E-state index < -0.39 is 17.7 Å². The van der Waals surface area contributed by atoms with Crippen LogP contribution in [-0.2, 0) is 9.53 Å². The molecule has 0 unspecified atom stereocenters. The molecule has 2 aromatic carbocycles. The van der Waals surface area contributed by atoms with E-state index in [9.17, 15) is 14.4 Å². The number of carbonyl (C=O) groups is 3. The van der Waals surface area contributed by atoms with Crippen LogP contribution in [0.2, 0.25) is 5.02 Å². The van der Waals surface area contributed by atoms with Gasteiger partial charge in [-0.3, -0.25) is 14.4 Å². The first-order valence-electron chi connectivity index (χ1n) is 7.57. The first-order chi connectivity index (χ1) is 11.5. The maximum Gasteiger partial charge on any atom is 0.317 e. The van der Waals surface area contributed by atoms with E-state index in [1.54, 1.807) is 61.5 Å². The summed E-state index contributed by atoms with van der Waals surface area (Å²) in [5.74, 6) is -2.57. The van der Waals surface area contributed by atoms with E-state index in [0.717, 1.165) is 0 Å². The maximum atomic E-state index is 12.6. The Morgan fingerprint density at radius 1 is 0.958 bits per heavy atom. The predicted molar refractivity (Wildman–Crippen MR) is 91.3 cm³/mol. The molecular weight excluding hydrogens is 328 g/mol. The fourth-order valence-corrected chi connectivity index (χ4v) is 2.39. The van der Waals surface area contributed by atoms with Gasteiger partial charge in [-0.2, -0.15) is 0 Å². The second kappa shape index (κ2) is 8.41. The van der Waals surface area contributed by atoms with Gasteiger partial charge in [-0.25, -0.2) is 0 Å². The predicted octanol–water partition coefficient (Wildman–Crippen LogP) is 3.98. The molecule has 0 aliphatic carbocycles. The van der Waals surface area contributed by atoms with Gasteiger partial charge in [-0.15, -0.1) is 0 Å². The first-order valence-corrected chi connectivity index (χ1v) is 7.95. The number of rotatable bonds is 7. The molecule has 0 amide bonds. The van der Waals surface area contributed by atoms with Crippen LogP contribution in [0.1, 0.15) is 34.1 Å². The molecule has 1 atom stereocenters. The number of hydrogen-bond donors (Lipinski definition) is 0. The number of hydrogen-bond acceptors (Lipinski definition) is 4. The SMILES string of the molecule is CCOC(=O)[C@H](CC(=O)c1ccc(Cl)cc1)C(=O)c1ccccc1. The first kappa shape index (κ1) is 17.9. The van der Waals surface area contributed by atoms with E-state index in [4.69, 9.17) is 16.3 Å². The highest BCUT2D eigenvalue weighted by molar-refractivity contribution is 6.30. The molecule has 0 aliphatic heterocycles. The van der Waals surface area contributed by atoms with E-state index in [2.05, 4.69) is 0 Å². The molecule has 2 aromatic rings. The van der Waals surface area contributed by atoms with Crippen molar-refractivity contribution in [1.29, 1.82) is 0 Å². The molecule has 5 heteroatoms. The molecule has 0 spiro atoms. The number of esters is 1. The summed E-state index contributed by atoms with van der Waals surface area (Å²) >= 11 is 5.80. The van der Waals surface area contributed by atoms with Crippen LogP contribution in [0.25, 0.3) is 0 Å². The Morgan fingerprint density at radius 2 is 1.58 bits per heavy atom. The molecule has 0 radical (unpaired) electrons. The van der Waals surface area contributed by atoms with Gasteiger partial charge in [0.2, 0.25) is 0 Å². The van der Waals surface area contributed by atoms with Crippen molar-refractivity contribution in [1.82, 2.24) is 0 Å². The molecule has 24 heavy (non-hydrogen) atoms. The highest BCUT2D eigenvalue weighted by Crippen LogP contribution is 2.19. The van der Waals surface area contributed by atoms with E-state index in [-0.39, 0.29) is 18.8 Å². The van der Waals surface area contributed by atoms with Crippen LogP contribution in [0.4, 0.5) is 0 Å². The number of benzene rings is 2. The highest BCUT2D eigenvalue weighted by Gasteiger charge is 2.31. The van der Waals surface area contributed by atoms with Gasteiger partial charge in [0.1, 0.15) is 5.92 Å². The Hall–Kier alpha value is -2.46. The van der Waals surface area contributed by atoms with Crippen molar-refractivity contribution in [2.24, 2.45) is 5.92 Å². The van der Waals surface area contributed by atoms with Gasteiger partial charge >= 0.3 is 5.97 Å². The van der Waals surface area contributed by atoms with Gasteiger partial charge in [-0.1, -0.05) is 41.9 Å². The Bertz CT molecular complexity index is 723. The lowest BCUT2D eigenvalue weighted by atomic mass is 9.91. The van der Waals surface area contributed by atoms with Crippen molar-refractivity contribution in [3.63, 3.8) is 0 Å². The van der Waals surface area contributed by atoms with Crippen molar-refractivity contribution >= 4 is 29.1 Å². The van der Waals surface area contributed by atoms with Gasteiger partial charge in [0, 0.05) is 22.6 Å². The molecule has 0 aliphatic rings. The quantitative estimate of drug-likeness (QED) is 0.433. The molecule has 0 fully saturated rings. The number of carbonyl (C=O) groups excluding carboxylic acids is 3. The van der Waals surface area contributed by atoms with Gasteiger partial charge in [-0.05, 0) is 31.2 Å². The molecule has 2 rings (SSSR count). The average Bonchev–Trinajstić information content (AvgIpc) is 2.60. The summed E-state index contributed by atoms with van der Waals surface area (Å²) in [6.45, 7) is 1.80. The van der Waals surface area contributed by atoms with E-state index >= 15 is 0 Å². The Morgan fingerprint density at radius 3 is 2.17 bits per heavy atom. The van der Waals surface area contributed by atoms with Gasteiger partial charge in [0.25, 0.3) is 0 Å². The van der Waals surface area contributed by atoms with Crippen molar-refractivity contribution in [2.75, 3.05) is 6.61 Å². The molecular formula is C19H17ClO4. The molecule has 4 nitrogen and oxygen atoms in total. The Labute approximate surface area is 145 Å². The van der Waals surface area contributed by atoms with Crippen LogP contribution in [0, 0.1) is 5.92 Å². The van der Waals surface area contributed by atoms with Crippen LogP contribution in [0.3, 0.4) is 0 Å². The number of halogens is 1. The van der Waals surface area contributed by atoms with Crippen molar-refractivity contribution < 1.29 is 19.1 Å². The monoisotopic (exact) mass is 344 g/mol. The highest BCUT2D eigenvalue weighted by atomic mass is 35.5. The molecule has 124 valence electrons. The minimum atomic E-state index is -1.16. The maximum absolute atomic E-state index is 12.6. The Kier molecular flexibility index (Phi) is 6.27. The van der Waals surface area contributed by atoms with Crippen LogP contribution in [0.15, 0.2) is 54.6 Å². The summed E-state index contributed by atoms with van der Waals surface area (Å²) in [6, 6.07) is 14.7. The second-order valence-corrected chi connectivity index (χ2v) is 5.61. The largest absolute Gasteiger partial charge is 0.465 e. The third-order valence-corrected chi connectivity index (χ3v) is 3.75. The summed E-state index contributed by atoms with van der Waals surface area (Å²) in [5.41, 5.74) is 0.772. The normalized spacial score (nSPS) is 11.6. The molecule has 0 aromatic heterocycles. The number of Topliss-reactive ketones (excluding diaryl/α,β-unsaturated/α-hetero) is 2. The third-order valence-electron chi connectivity index (χ3n) is 3.50. The smallest absolute Gasteiger partial charge is 0.317 e. The lowest BCUT2D eigenvalue weighted by Crippen LogP contribution is -2.29. The van der Waals surface area contributed by atoms with Crippen molar-refractivity contribution in [3.05, 3.63) is 70.7 Å². The van der Waals surface area contributed by atoms with Crippen LogP contribution >= 0.6 is 11.6 Å². The zero-order chi connectivity index (χ0) is 17.5. The molecule has 0 heterocycles. The molecule has 0 saturated heterocycles. The van der Waals surface area contributed by atoms with Gasteiger partial charge < -0.3 is 4.74 Å². The fourth-order valence-electron chi connectivity index (χ4n) is 2.27. The van der Waals surface area contributed by atoms with Crippen molar-refractivity contribution in [3.8, 4) is 0 Å². The summed E-state index contributed by atoms with van der Waals surface area (Å²) in [5, 5.41) is 0.508. The number of ketones is 2. The minimum absolute atomic E-state index is 0.145. The van der Waals surface area contributed by atoms with E-state index in [1.165, 1.54) is 0 Å². The van der Waals surface area contributed by atoms with Crippen molar-refractivity contribution in [2.45, 2.75) is 13.3 Å². The summed E-state index contributed by atoms with van der Waals surface area (Å²) in [7, 11) is 0. The Balaban J connectivity index is 2.23. The van der Waals surface area contributed by atoms with Crippen LogP contribution in [0.5, 0.6) is 0 Å². The fraction of sp³-hybridized carbons (Fsp3) is 0.211. The third kappa shape index (κ3) is 4.52. The minimum Gasteiger partial charge on any atom is -0.465 e. The lowest BCUT2D eigenvalue weighted by Gasteiger charge is -2.14. The van der Waals surface area contributed by atoms with E-state index in [0.29, 0.717) is 16.1 Å². The van der Waals surface area contributed by atoms with Gasteiger partial charge in [0.05, 0.1) is 6.61 Å². The molecule has 0 saturated carbocycles. The lowest BCUT2D eigenvalue weighted by molar-refractivity contribution is -0.146. The summed E-state index contributed by atoms with van der Waals surface area (Å²) in [4.78, 5) is 37.2. The standard InChI is InChI=1S/C19H17ClO4/c1-2-24-19(23)16(18(22)14-6-4-3-5-7-14)12-17(21)13-8-10-15(20)11-9-13/h3-11,16H,2,12H2,1H3/t16-/m1/s1. The number of ether oxygens (including phenoxy) is 1. The zero-order valence-electron chi connectivity index (χ0n) is 13.2. The van der Waals surface area contributed by atoms with E-state index in [1.807, 2.05) is 0 Å². The topological polar surface area (TPSA) is 60.4 Å².